The second-order valence-corrected chi connectivity index (χ2v) is 4.37. The monoisotopic (exact) mass is 271 g/mol. The standard InChI is InChI=1S/C15H13NO4/c17-14(10-4-2-1-3-5-10)15(18)16-11-6-7-12-13(8-11)20-9-19-12/h1-8,14,17H,9H2,(H,16,18). The molecule has 2 aromatic carbocycles. The molecule has 2 N–H and O–H groups in total. The number of hydrogen-bond acceptors (Lipinski definition) is 4. The van der Waals surface area contributed by atoms with Crippen molar-refractivity contribution in [3.8, 4) is 11.5 Å². The van der Waals surface area contributed by atoms with Gasteiger partial charge in [-0.05, 0) is 17.7 Å². The fraction of sp³-hybridized carbons (Fsp3) is 0.133. The predicted octanol–water partition coefficient (Wildman–Crippen LogP) is 2.09. The Labute approximate surface area is 115 Å². The molecule has 1 unspecified atom stereocenters. The molecule has 0 spiro atoms. The lowest BCUT2D eigenvalue weighted by molar-refractivity contribution is -0.124. The maximum Gasteiger partial charge on any atom is 0.257 e. The van der Waals surface area contributed by atoms with E-state index in [4.69, 9.17) is 9.47 Å². The third-order valence-electron chi connectivity index (χ3n) is 3.00. The summed E-state index contributed by atoms with van der Waals surface area (Å²) in [5, 5.41) is 12.6. The van der Waals surface area contributed by atoms with Gasteiger partial charge in [0.25, 0.3) is 5.91 Å². The van der Waals surface area contributed by atoms with E-state index in [1.54, 1.807) is 42.5 Å². The number of aliphatic hydroxyl groups excluding tert-OH is 1. The van der Waals surface area contributed by atoms with E-state index in [0.717, 1.165) is 0 Å². The van der Waals surface area contributed by atoms with Crippen molar-refractivity contribution in [2.24, 2.45) is 0 Å². The number of benzene rings is 2. The minimum Gasteiger partial charge on any atom is -0.454 e. The van der Waals surface area contributed by atoms with Gasteiger partial charge in [-0.25, -0.2) is 0 Å². The molecule has 0 saturated carbocycles. The van der Waals surface area contributed by atoms with Crippen LogP contribution in [0.3, 0.4) is 0 Å². The average Bonchev–Trinajstić information content (AvgIpc) is 2.95. The summed E-state index contributed by atoms with van der Waals surface area (Å²) in [5.74, 6) is 0.735. The highest BCUT2D eigenvalue weighted by atomic mass is 16.7. The molecule has 0 radical (unpaired) electrons. The first-order valence-corrected chi connectivity index (χ1v) is 6.17. The summed E-state index contributed by atoms with van der Waals surface area (Å²) in [6.45, 7) is 0.180. The van der Waals surface area contributed by atoms with E-state index in [1.807, 2.05) is 6.07 Å². The fourth-order valence-corrected chi connectivity index (χ4v) is 1.97. The van der Waals surface area contributed by atoms with Gasteiger partial charge in [0, 0.05) is 11.8 Å². The number of rotatable bonds is 3. The summed E-state index contributed by atoms with van der Waals surface area (Å²) in [6.07, 6.45) is -1.21. The molecule has 0 fully saturated rings. The number of anilines is 1. The predicted molar refractivity (Wildman–Crippen MR) is 72.6 cm³/mol. The first-order chi connectivity index (χ1) is 9.74. The van der Waals surface area contributed by atoms with E-state index in [-0.39, 0.29) is 6.79 Å². The molecule has 0 saturated heterocycles. The van der Waals surface area contributed by atoms with Gasteiger partial charge < -0.3 is 19.9 Å². The van der Waals surface area contributed by atoms with E-state index in [9.17, 15) is 9.90 Å². The summed E-state index contributed by atoms with van der Waals surface area (Å²) in [5.41, 5.74) is 1.10. The molecule has 1 heterocycles. The van der Waals surface area contributed by atoms with E-state index in [2.05, 4.69) is 5.32 Å². The van der Waals surface area contributed by atoms with Crippen LogP contribution in [0, 0.1) is 0 Å². The van der Waals surface area contributed by atoms with E-state index in [0.29, 0.717) is 22.7 Å². The second kappa shape index (κ2) is 5.22. The molecule has 3 rings (SSSR count). The number of carbonyl (C=O) groups excluding carboxylic acids is 1. The Morgan fingerprint density at radius 3 is 2.65 bits per heavy atom. The number of aliphatic hydroxyl groups is 1. The van der Waals surface area contributed by atoms with Crippen LogP contribution < -0.4 is 14.8 Å². The Balaban J connectivity index is 1.73. The molecule has 1 atom stereocenters. The summed E-state index contributed by atoms with van der Waals surface area (Å²) in [7, 11) is 0. The van der Waals surface area contributed by atoms with Gasteiger partial charge >= 0.3 is 0 Å². The third-order valence-corrected chi connectivity index (χ3v) is 3.00. The SMILES string of the molecule is O=C(Nc1ccc2c(c1)OCO2)C(O)c1ccccc1. The van der Waals surface area contributed by atoms with Crippen LogP contribution in [0.1, 0.15) is 11.7 Å². The van der Waals surface area contributed by atoms with Crippen molar-refractivity contribution in [2.75, 3.05) is 12.1 Å². The smallest absolute Gasteiger partial charge is 0.257 e. The zero-order chi connectivity index (χ0) is 13.9. The normalized spacial score (nSPS) is 13.8. The summed E-state index contributed by atoms with van der Waals surface area (Å²) < 4.78 is 10.4. The number of nitrogens with one attached hydrogen (secondary N) is 1. The van der Waals surface area contributed by atoms with Crippen LogP contribution in [0.2, 0.25) is 0 Å². The molecule has 1 amide bonds. The zero-order valence-corrected chi connectivity index (χ0v) is 10.6. The Kier molecular flexibility index (Phi) is 3.26. The van der Waals surface area contributed by atoms with Gasteiger partial charge in [-0.3, -0.25) is 4.79 Å². The van der Waals surface area contributed by atoms with Crippen LogP contribution in [0.15, 0.2) is 48.5 Å². The van der Waals surface area contributed by atoms with Crippen molar-refractivity contribution < 1.29 is 19.4 Å². The van der Waals surface area contributed by atoms with Gasteiger partial charge in [0.15, 0.2) is 17.6 Å². The summed E-state index contributed by atoms with van der Waals surface area (Å²) in [6, 6.07) is 13.8. The van der Waals surface area contributed by atoms with Crippen LogP contribution in [0.4, 0.5) is 5.69 Å². The molecule has 0 aromatic heterocycles. The van der Waals surface area contributed by atoms with Crippen LogP contribution in [-0.4, -0.2) is 17.8 Å². The molecule has 102 valence electrons. The molecule has 20 heavy (non-hydrogen) atoms. The van der Waals surface area contributed by atoms with Gasteiger partial charge in [0.05, 0.1) is 0 Å². The highest BCUT2D eigenvalue weighted by Gasteiger charge is 2.19. The number of hydrogen-bond donors (Lipinski definition) is 2. The lowest BCUT2D eigenvalue weighted by atomic mass is 10.1. The largest absolute Gasteiger partial charge is 0.454 e. The lowest BCUT2D eigenvalue weighted by Crippen LogP contribution is -2.20. The van der Waals surface area contributed by atoms with Gasteiger partial charge in [0.1, 0.15) is 0 Å². The third kappa shape index (κ3) is 2.44. The number of fused-ring (bicyclic) bond motifs is 1. The number of ether oxygens (including phenoxy) is 2. The number of carbonyl (C=O) groups is 1. The van der Waals surface area contributed by atoms with Crippen molar-refractivity contribution in [3.05, 3.63) is 54.1 Å². The maximum atomic E-state index is 12.0. The van der Waals surface area contributed by atoms with Crippen molar-refractivity contribution in [2.45, 2.75) is 6.10 Å². The van der Waals surface area contributed by atoms with Crippen LogP contribution in [0.5, 0.6) is 11.5 Å². The van der Waals surface area contributed by atoms with Gasteiger partial charge in [0.2, 0.25) is 6.79 Å². The molecule has 5 nitrogen and oxygen atoms in total. The van der Waals surface area contributed by atoms with Gasteiger partial charge in [-0.1, -0.05) is 30.3 Å². The maximum absolute atomic E-state index is 12.0. The molecule has 1 aliphatic heterocycles. The van der Waals surface area contributed by atoms with Crippen molar-refractivity contribution in [1.29, 1.82) is 0 Å². The Morgan fingerprint density at radius 2 is 1.85 bits per heavy atom. The molecule has 0 aliphatic carbocycles. The minimum atomic E-state index is -1.21. The van der Waals surface area contributed by atoms with Crippen LogP contribution in [-0.2, 0) is 4.79 Å². The number of amides is 1. The molecule has 0 bridgehead atoms. The summed E-state index contributed by atoms with van der Waals surface area (Å²) in [4.78, 5) is 12.0. The second-order valence-electron chi connectivity index (χ2n) is 4.37. The Hall–Kier alpha value is -2.53. The Bertz CT molecular complexity index is 627. The molecule has 2 aromatic rings. The van der Waals surface area contributed by atoms with Crippen molar-refractivity contribution in [1.82, 2.24) is 0 Å². The zero-order valence-electron chi connectivity index (χ0n) is 10.6. The molecular formula is C15H13NO4. The highest BCUT2D eigenvalue weighted by Crippen LogP contribution is 2.34. The van der Waals surface area contributed by atoms with Crippen LogP contribution >= 0.6 is 0 Å². The van der Waals surface area contributed by atoms with E-state index < -0.39 is 12.0 Å². The molecular weight excluding hydrogens is 258 g/mol. The van der Waals surface area contributed by atoms with E-state index >= 15 is 0 Å². The average molecular weight is 271 g/mol. The van der Waals surface area contributed by atoms with Crippen molar-refractivity contribution >= 4 is 11.6 Å². The molecule has 1 aliphatic rings. The topological polar surface area (TPSA) is 67.8 Å². The molecule has 5 heteroatoms. The van der Waals surface area contributed by atoms with Crippen LogP contribution in [0.25, 0.3) is 0 Å². The fourth-order valence-electron chi connectivity index (χ4n) is 1.97. The quantitative estimate of drug-likeness (QED) is 0.897. The summed E-state index contributed by atoms with van der Waals surface area (Å²) >= 11 is 0. The first kappa shape index (κ1) is 12.5. The lowest BCUT2D eigenvalue weighted by Gasteiger charge is -2.11. The van der Waals surface area contributed by atoms with E-state index in [1.165, 1.54) is 0 Å². The minimum absolute atomic E-state index is 0.180. The first-order valence-electron chi connectivity index (χ1n) is 6.17. The highest BCUT2D eigenvalue weighted by molar-refractivity contribution is 5.95. The van der Waals surface area contributed by atoms with Crippen molar-refractivity contribution in [3.63, 3.8) is 0 Å². The van der Waals surface area contributed by atoms with Gasteiger partial charge in [-0.15, -0.1) is 0 Å². The Morgan fingerprint density at radius 1 is 1.10 bits per heavy atom. The van der Waals surface area contributed by atoms with Gasteiger partial charge in [-0.2, -0.15) is 0 Å².